The summed E-state index contributed by atoms with van der Waals surface area (Å²) in [6.07, 6.45) is 3.55. The maximum Gasteiger partial charge on any atom is 0.255 e. The Hall–Kier alpha value is -0.710. The van der Waals surface area contributed by atoms with Crippen LogP contribution in [-0.4, -0.2) is 36.9 Å². The van der Waals surface area contributed by atoms with E-state index < -0.39 is 13.0 Å². The lowest BCUT2D eigenvalue weighted by Gasteiger charge is -2.26. The topological polar surface area (TPSA) is 46.3 Å². The van der Waals surface area contributed by atoms with E-state index in [9.17, 15) is 13.6 Å². The number of carbonyl (C=O) groups excluding carboxylic acids is 1. The molecule has 0 unspecified atom stereocenters. The van der Waals surface area contributed by atoms with Crippen molar-refractivity contribution in [1.82, 2.24) is 4.90 Å². The van der Waals surface area contributed by atoms with Gasteiger partial charge in [0.15, 0.2) is 0 Å². The molecule has 1 aliphatic carbocycles. The normalized spacial score (nSPS) is 18.1. The van der Waals surface area contributed by atoms with Crippen molar-refractivity contribution in [1.29, 1.82) is 0 Å². The van der Waals surface area contributed by atoms with Gasteiger partial charge in [0.2, 0.25) is 5.91 Å². The first-order valence-corrected chi connectivity index (χ1v) is 6.42. The van der Waals surface area contributed by atoms with Crippen molar-refractivity contribution >= 4 is 5.91 Å². The monoisotopic (exact) mass is 248 g/mol. The van der Waals surface area contributed by atoms with Crippen LogP contribution >= 0.6 is 0 Å². The molecule has 0 saturated heterocycles. The Labute approximate surface area is 101 Å². The third-order valence-electron chi connectivity index (χ3n) is 3.27. The van der Waals surface area contributed by atoms with E-state index in [0.717, 1.165) is 38.5 Å². The van der Waals surface area contributed by atoms with Gasteiger partial charge in [0.05, 0.1) is 6.54 Å². The molecular weight excluding hydrogens is 226 g/mol. The van der Waals surface area contributed by atoms with Crippen molar-refractivity contribution in [3.8, 4) is 0 Å². The Balaban J connectivity index is 2.54. The van der Waals surface area contributed by atoms with E-state index in [0.29, 0.717) is 0 Å². The SMILES string of the molecule is NCCN(CC(F)F)C(=O)C1CCCCCC1. The lowest BCUT2D eigenvalue weighted by atomic mass is 9.98. The number of amides is 1. The largest absolute Gasteiger partial charge is 0.335 e. The zero-order chi connectivity index (χ0) is 12.7. The Morgan fingerprint density at radius 3 is 2.29 bits per heavy atom. The third kappa shape index (κ3) is 4.98. The van der Waals surface area contributed by atoms with Crippen molar-refractivity contribution in [2.24, 2.45) is 11.7 Å². The number of carbonyl (C=O) groups is 1. The highest BCUT2D eigenvalue weighted by atomic mass is 19.3. The number of nitrogens with two attached hydrogens (primary N) is 1. The molecule has 1 amide bonds. The zero-order valence-electron chi connectivity index (χ0n) is 10.2. The van der Waals surface area contributed by atoms with Crippen LogP contribution in [0.1, 0.15) is 38.5 Å². The smallest absolute Gasteiger partial charge is 0.255 e. The molecular formula is C12H22F2N2O. The number of rotatable bonds is 5. The van der Waals surface area contributed by atoms with Gasteiger partial charge in [-0.3, -0.25) is 4.79 Å². The number of hydrogen-bond acceptors (Lipinski definition) is 2. The van der Waals surface area contributed by atoms with Gasteiger partial charge in [-0.15, -0.1) is 0 Å². The Kier molecular flexibility index (Phi) is 6.40. The molecule has 0 aromatic heterocycles. The van der Waals surface area contributed by atoms with E-state index in [1.54, 1.807) is 0 Å². The van der Waals surface area contributed by atoms with E-state index in [-0.39, 0.29) is 24.9 Å². The first-order valence-electron chi connectivity index (χ1n) is 6.42. The van der Waals surface area contributed by atoms with Gasteiger partial charge in [0.1, 0.15) is 0 Å². The number of halogens is 2. The van der Waals surface area contributed by atoms with Crippen molar-refractivity contribution in [3.63, 3.8) is 0 Å². The fraction of sp³-hybridized carbons (Fsp3) is 0.917. The second-order valence-corrected chi connectivity index (χ2v) is 4.65. The highest BCUT2D eigenvalue weighted by molar-refractivity contribution is 5.78. The summed E-state index contributed by atoms with van der Waals surface area (Å²) in [7, 11) is 0. The molecule has 1 aliphatic rings. The first kappa shape index (κ1) is 14.4. The molecule has 3 nitrogen and oxygen atoms in total. The van der Waals surface area contributed by atoms with Gasteiger partial charge in [0, 0.05) is 19.0 Å². The number of hydrogen-bond donors (Lipinski definition) is 1. The van der Waals surface area contributed by atoms with Crippen LogP contribution in [0, 0.1) is 5.92 Å². The minimum atomic E-state index is -2.48. The maximum atomic E-state index is 12.4. The van der Waals surface area contributed by atoms with Gasteiger partial charge < -0.3 is 10.6 Å². The predicted molar refractivity (Wildman–Crippen MR) is 62.8 cm³/mol. The molecule has 0 spiro atoms. The molecule has 2 N–H and O–H groups in total. The molecule has 0 heterocycles. The summed E-state index contributed by atoms with van der Waals surface area (Å²) >= 11 is 0. The fourth-order valence-electron chi connectivity index (χ4n) is 2.40. The van der Waals surface area contributed by atoms with E-state index >= 15 is 0 Å². The predicted octanol–water partition coefficient (Wildman–Crippen LogP) is 2.01. The van der Waals surface area contributed by atoms with Crippen LogP contribution < -0.4 is 5.73 Å². The maximum absolute atomic E-state index is 12.4. The molecule has 1 rings (SSSR count). The molecule has 100 valence electrons. The van der Waals surface area contributed by atoms with Crippen molar-refractivity contribution in [2.45, 2.75) is 45.0 Å². The molecule has 0 radical (unpaired) electrons. The molecule has 0 atom stereocenters. The summed E-state index contributed by atoms with van der Waals surface area (Å²) in [6.45, 7) is -0.00259. The van der Waals surface area contributed by atoms with Gasteiger partial charge >= 0.3 is 0 Å². The summed E-state index contributed by atoms with van der Waals surface area (Å²) in [6, 6.07) is 0. The second-order valence-electron chi connectivity index (χ2n) is 4.65. The van der Waals surface area contributed by atoms with Crippen LogP contribution in [0.5, 0.6) is 0 Å². The lowest BCUT2D eigenvalue weighted by Crippen LogP contribution is -2.42. The van der Waals surface area contributed by atoms with E-state index in [2.05, 4.69) is 0 Å². The minimum absolute atomic E-state index is 0.0669. The average Bonchev–Trinajstić information content (AvgIpc) is 2.55. The Bertz CT molecular complexity index is 229. The highest BCUT2D eigenvalue weighted by Crippen LogP contribution is 2.24. The zero-order valence-corrected chi connectivity index (χ0v) is 10.2. The van der Waals surface area contributed by atoms with Gasteiger partial charge in [-0.25, -0.2) is 8.78 Å². The van der Waals surface area contributed by atoms with Crippen LogP contribution in [0.3, 0.4) is 0 Å². The summed E-state index contributed by atoms with van der Waals surface area (Å²) in [5.41, 5.74) is 5.36. The molecule has 1 fully saturated rings. The van der Waals surface area contributed by atoms with Crippen LogP contribution in [0.2, 0.25) is 0 Å². The highest BCUT2D eigenvalue weighted by Gasteiger charge is 2.26. The van der Waals surface area contributed by atoms with Crippen LogP contribution in [0.15, 0.2) is 0 Å². The third-order valence-corrected chi connectivity index (χ3v) is 3.27. The van der Waals surface area contributed by atoms with Crippen LogP contribution in [-0.2, 0) is 4.79 Å². The lowest BCUT2D eigenvalue weighted by molar-refractivity contribution is -0.137. The Morgan fingerprint density at radius 2 is 1.82 bits per heavy atom. The van der Waals surface area contributed by atoms with Crippen molar-refractivity contribution in [3.05, 3.63) is 0 Å². The van der Waals surface area contributed by atoms with Crippen LogP contribution in [0.25, 0.3) is 0 Å². The van der Waals surface area contributed by atoms with Gasteiger partial charge in [-0.05, 0) is 12.8 Å². The fourth-order valence-corrected chi connectivity index (χ4v) is 2.40. The van der Waals surface area contributed by atoms with E-state index in [1.165, 1.54) is 4.90 Å². The summed E-state index contributed by atoms with van der Waals surface area (Å²) in [5, 5.41) is 0. The molecule has 0 aromatic rings. The Morgan fingerprint density at radius 1 is 1.24 bits per heavy atom. The quantitative estimate of drug-likeness (QED) is 0.756. The van der Waals surface area contributed by atoms with Crippen LogP contribution in [0.4, 0.5) is 8.78 Å². The van der Waals surface area contributed by atoms with E-state index in [1.807, 2.05) is 0 Å². The summed E-state index contributed by atoms with van der Waals surface area (Å²) in [4.78, 5) is 13.4. The van der Waals surface area contributed by atoms with Crippen molar-refractivity contribution in [2.75, 3.05) is 19.6 Å². The minimum Gasteiger partial charge on any atom is -0.335 e. The molecule has 0 bridgehead atoms. The molecule has 0 aliphatic heterocycles. The summed E-state index contributed by atoms with van der Waals surface area (Å²) < 4.78 is 24.8. The molecule has 1 saturated carbocycles. The molecule has 17 heavy (non-hydrogen) atoms. The van der Waals surface area contributed by atoms with E-state index in [4.69, 9.17) is 5.73 Å². The van der Waals surface area contributed by atoms with Crippen molar-refractivity contribution < 1.29 is 13.6 Å². The van der Waals surface area contributed by atoms with Gasteiger partial charge in [0.25, 0.3) is 6.43 Å². The summed E-state index contributed by atoms with van der Waals surface area (Å²) in [5.74, 6) is -0.194. The number of nitrogens with zero attached hydrogens (tertiary/aromatic N) is 1. The standard InChI is InChI=1S/C12H22F2N2O/c13-11(14)9-16(8-7-15)12(17)10-5-3-1-2-4-6-10/h10-11H,1-9,15H2. The van der Waals surface area contributed by atoms with Gasteiger partial charge in [-0.2, -0.15) is 0 Å². The first-order chi connectivity index (χ1) is 8.15. The molecule has 5 heteroatoms. The van der Waals surface area contributed by atoms with Gasteiger partial charge in [-0.1, -0.05) is 25.7 Å². The number of alkyl halides is 2. The molecule has 0 aromatic carbocycles. The average molecular weight is 248 g/mol. The second kappa shape index (κ2) is 7.58.